The lowest BCUT2D eigenvalue weighted by Crippen LogP contribution is -2.05. The number of fused-ring (bicyclic) bond motifs is 1. The van der Waals surface area contributed by atoms with Gasteiger partial charge in [-0.05, 0) is 46.8 Å². The van der Waals surface area contributed by atoms with E-state index >= 15 is 0 Å². The molecule has 26 heavy (non-hydrogen) atoms. The van der Waals surface area contributed by atoms with E-state index < -0.39 is 0 Å². The predicted octanol–water partition coefficient (Wildman–Crippen LogP) is 6.40. The Kier molecular flexibility index (Phi) is 4.89. The molecule has 0 fully saturated rings. The minimum Gasteiger partial charge on any atom is -0.488 e. The zero-order valence-electron chi connectivity index (χ0n) is 14.7. The lowest BCUT2D eigenvalue weighted by Gasteiger charge is -2.16. The van der Waals surface area contributed by atoms with Crippen molar-refractivity contribution in [2.75, 3.05) is 5.32 Å². The van der Waals surface area contributed by atoms with Gasteiger partial charge in [-0.25, -0.2) is 0 Å². The van der Waals surface area contributed by atoms with Crippen molar-refractivity contribution < 1.29 is 4.74 Å². The van der Waals surface area contributed by atoms with Gasteiger partial charge in [-0.1, -0.05) is 54.6 Å². The Balaban J connectivity index is 1.65. The largest absolute Gasteiger partial charge is 0.488 e. The topological polar surface area (TPSA) is 21.3 Å². The summed E-state index contributed by atoms with van der Waals surface area (Å²) < 4.78 is 6.18. The Morgan fingerprint density at radius 1 is 0.885 bits per heavy atom. The number of hydrogen-bond acceptors (Lipinski definition) is 3. The molecule has 4 aromatic rings. The van der Waals surface area contributed by atoms with Crippen LogP contribution in [0.4, 0.5) is 5.69 Å². The van der Waals surface area contributed by atoms with Crippen molar-refractivity contribution >= 4 is 27.8 Å². The molecule has 1 N–H and O–H groups in total. The third-order valence-electron chi connectivity index (χ3n) is 4.55. The van der Waals surface area contributed by atoms with E-state index in [4.69, 9.17) is 4.74 Å². The lowest BCUT2D eigenvalue weighted by molar-refractivity contribution is 0.307. The van der Waals surface area contributed by atoms with Crippen LogP contribution in [0, 0.1) is 6.92 Å². The quantitative estimate of drug-likeness (QED) is 0.430. The second-order valence-electron chi connectivity index (χ2n) is 6.30. The lowest BCUT2D eigenvalue weighted by atomic mass is 10.0. The molecule has 0 saturated heterocycles. The Bertz CT molecular complexity index is 1010. The average Bonchev–Trinajstić information content (AvgIpc) is 3.19. The fourth-order valence-corrected chi connectivity index (χ4v) is 3.75. The number of benzene rings is 3. The first-order valence-electron chi connectivity index (χ1n) is 8.76. The number of anilines is 1. The molecule has 0 unspecified atom stereocenters. The number of para-hydroxylation sites is 1. The summed E-state index contributed by atoms with van der Waals surface area (Å²) in [5, 5.41) is 8.13. The molecular weight excluding hydrogens is 338 g/mol. The Labute approximate surface area is 158 Å². The molecule has 3 aromatic carbocycles. The molecule has 130 valence electrons. The molecule has 0 bridgehead atoms. The second-order valence-corrected chi connectivity index (χ2v) is 7.33. The second kappa shape index (κ2) is 7.63. The van der Waals surface area contributed by atoms with Gasteiger partial charge in [-0.15, -0.1) is 11.3 Å². The molecule has 0 aliphatic carbocycles. The summed E-state index contributed by atoms with van der Waals surface area (Å²) in [6, 6.07) is 25.2. The van der Waals surface area contributed by atoms with Crippen LogP contribution in [0.1, 0.15) is 16.0 Å². The van der Waals surface area contributed by atoms with Crippen LogP contribution < -0.4 is 10.1 Å². The first kappa shape index (κ1) is 16.7. The van der Waals surface area contributed by atoms with Crippen molar-refractivity contribution in [3.63, 3.8) is 0 Å². The van der Waals surface area contributed by atoms with Crippen LogP contribution in [-0.2, 0) is 13.2 Å². The zero-order valence-corrected chi connectivity index (χ0v) is 15.6. The van der Waals surface area contributed by atoms with Gasteiger partial charge in [0.05, 0.1) is 0 Å². The van der Waals surface area contributed by atoms with Crippen LogP contribution in [0.2, 0.25) is 0 Å². The monoisotopic (exact) mass is 359 g/mol. The number of aryl methyl sites for hydroxylation is 1. The van der Waals surface area contributed by atoms with E-state index in [1.165, 1.54) is 26.8 Å². The van der Waals surface area contributed by atoms with Gasteiger partial charge < -0.3 is 10.1 Å². The van der Waals surface area contributed by atoms with Crippen molar-refractivity contribution in [1.29, 1.82) is 0 Å². The highest BCUT2D eigenvalue weighted by Crippen LogP contribution is 2.30. The smallest absolute Gasteiger partial charge is 0.125 e. The van der Waals surface area contributed by atoms with Gasteiger partial charge in [0.2, 0.25) is 0 Å². The summed E-state index contributed by atoms with van der Waals surface area (Å²) in [6.45, 7) is 3.46. The molecule has 0 aliphatic rings. The summed E-state index contributed by atoms with van der Waals surface area (Å²) >= 11 is 1.72. The molecule has 2 nitrogen and oxygen atoms in total. The molecule has 4 rings (SSSR count). The van der Waals surface area contributed by atoms with E-state index in [0.717, 1.165) is 18.0 Å². The molecule has 0 atom stereocenters. The highest BCUT2D eigenvalue weighted by molar-refractivity contribution is 7.09. The molecule has 3 heteroatoms. The Hall–Kier alpha value is -2.78. The van der Waals surface area contributed by atoms with Crippen molar-refractivity contribution in [2.45, 2.75) is 20.1 Å². The number of hydrogen-bond donors (Lipinski definition) is 1. The molecule has 1 heterocycles. The molecule has 0 amide bonds. The summed E-state index contributed by atoms with van der Waals surface area (Å²) in [4.78, 5) is 1.23. The van der Waals surface area contributed by atoms with Crippen LogP contribution in [0.5, 0.6) is 5.75 Å². The van der Waals surface area contributed by atoms with Crippen molar-refractivity contribution in [3.05, 3.63) is 94.2 Å². The number of rotatable bonds is 6. The summed E-state index contributed by atoms with van der Waals surface area (Å²) in [7, 11) is 0. The minimum absolute atomic E-state index is 0.605. The van der Waals surface area contributed by atoms with Gasteiger partial charge in [-0.2, -0.15) is 0 Å². The third kappa shape index (κ3) is 3.58. The Morgan fingerprint density at radius 2 is 1.73 bits per heavy atom. The molecule has 0 spiro atoms. The maximum Gasteiger partial charge on any atom is 0.125 e. The van der Waals surface area contributed by atoms with Crippen molar-refractivity contribution in [1.82, 2.24) is 0 Å². The van der Waals surface area contributed by atoms with E-state index in [9.17, 15) is 0 Å². The molecule has 1 aromatic heterocycles. The van der Waals surface area contributed by atoms with E-state index in [1.807, 2.05) is 0 Å². The summed E-state index contributed by atoms with van der Waals surface area (Å²) in [5.41, 5.74) is 3.60. The van der Waals surface area contributed by atoms with Crippen LogP contribution in [-0.4, -0.2) is 0 Å². The molecular formula is C23H21NOS. The fraction of sp³-hybridized carbons (Fsp3) is 0.130. The normalized spacial score (nSPS) is 10.8. The van der Waals surface area contributed by atoms with Crippen molar-refractivity contribution in [2.24, 2.45) is 0 Å². The van der Waals surface area contributed by atoms with E-state index in [1.54, 1.807) is 11.3 Å². The third-order valence-corrected chi connectivity index (χ3v) is 5.40. The standard InChI is InChI=1S/C23H21NOS/c1-17-7-2-5-11-22(17)24-15-21-20-10-4-3-8-18(20)12-13-23(21)25-16-19-9-6-14-26-19/h2-14,24H,15-16H2,1H3. The fourth-order valence-electron chi connectivity index (χ4n) is 3.13. The maximum absolute atomic E-state index is 6.18. The van der Waals surface area contributed by atoms with Crippen LogP contribution in [0.25, 0.3) is 10.8 Å². The maximum atomic E-state index is 6.18. The highest BCUT2D eigenvalue weighted by Gasteiger charge is 2.10. The molecule has 0 radical (unpaired) electrons. The zero-order chi connectivity index (χ0) is 17.8. The van der Waals surface area contributed by atoms with Gasteiger partial charge in [0.1, 0.15) is 12.4 Å². The minimum atomic E-state index is 0.605. The molecule has 0 aliphatic heterocycles. The van der Waals surface area contributed by atoms with Crippen LogP contribution in [0.15, 0.2) is 78.2 Å². The van der Waals surface area contributed by atoms with Crippen molar-refractivity contribution in [3.8, 4) is 5.75 Å². The van der Waals surface area contributed by atoms with E-state index in [0.29, 0.717) is 6.61 Å². The van der Waals surface area contributed by atoms with Crippen LogP contribution >= 0.6 is 11.3 Å². The molecule has 0 saturated carbocycles. The van der Waals surface area contributed by atoms with Crippen LogP contribution in [0.3, 0.4) is 0 Å². The van der Waals surface area contributed by atoms with Gasteiger partial charge in [-0.3, -0.25) is 0 Å². The summed E-state index contributed by atoms with van der Waals surface area (Å²) in [6.07, 6.45) is 0. The summed E-state index contributed by atoms with van der Waals surface area (Å²) in [5.74, 6) is 0.943. The highest BCUT2D eigenvalue weighted by atomic mass is 32.1. The van der Waals surface area contributed by atoms with Gasteiger partial charge in [0.25, 0.3) is 0 Å². The average molecular weight is 359 g/mol. The number of thiophene rings is 1. The van der Waals surface area contributed by atoms with E-state index in [2.05, 4.69) is 90.4 Å². The first-order valence-corrected chi connectivity index (χ1v) is 9.64. The van der Waals surface area contributed by atoms with E-state index in [-0.39, 0.29) is 0 Å². The Morgan fingerprint density at radius 3 is 2.58 bits per heavy atom. The first-order chi connectivity index (χ1) is 12.8. The van der Waals surface area contributed by atoms with Gasteiger partial charge in [0.15, 0.2) is 0 Å². The SMILES string of the molecule is Cc1ccccc1NCc1c(OCc2cccs2)ccc2ccccc12. The van der Waals surface area contributed by atoms with Gasteiger partial charge >= 0.3 is 0 Å². The number of nitrogens with one attached hydrogen (secondary N) is 1. The number of ether oxygens (including phenoxy) is 1. The predicted molar refractivity (Wildman–Crippen MR) is 111 cm³/mol. The van der Waals surface area contributed by atoms with Gasteiger partial charge in [0, 0.05) is 22.7 Å².